The van der Waals surface area contributed by atoms with Crippen LogP contribution in [0.3, 0.4) is 0 Å². The van der Waals surface area contributed by atoms with Crippen LogP contribution in [0.4, 0.5) is 5.69 Å². The number of nitrogens with one attached hydrogen (secondary N) is 2. The van der Waals surface area contributed by atoms with Crippen molar-refractivity contribution in [3.05, 3.63) is 83.2 Å². The summed E-state index contributed by atoms with van der Waals surface area (Å²) in [7, 11) is 0. The van der Waals surface area contributed by atoms with E-state index in [2.05, 4.69) is 27.4 Å². The number of nitrogens with zero attached hydrogens (tertiary/aromatic N) is 3. The average Bonchev–Trinajstić information content (AvgIpc) is 3.18. The maximum atomic E-state index is 12.6. The number of rotatable bonds is 9. The largest absolute Gasteiger partial charge is 0.342 e. The van der Waals surface area contributed by atoms with Gasteiger partial charge in [-0.2, -0.15) is 0 Å². The molecule has 0 aliphatic rings. The third-order valence-electron chi connectivity index (χ3n) is 5.11. The highest BCUT2D eigenvalue weighted by molar-refractivity contribution is 7.99. The van der Waals surface area contributed by atoms with Crippen molar-refractivity contribution in [3.63, 3.8) is 0 Å². The SMILES string of the molecule is C=CCn1c(SCC(=O)Nc2cc(C)ccc2C)nnc1[C@H](C)NC(=O)c1ccc(C)cc1. The summed E-state index contributed by atoms with van der Waals surface area (Å²) in [5, 5.41) is 15.1. The van der Waals surface area contributed by atoms with Gasteiger partial charge in [0.2, 0.25) is 5.91 Å². The molecule has 1 heterocycles. The van der Waals surface area contributed by atoms with Gasteiger partial charge in [-0.15, -0.1) is 16.8 Å². The van der Waals surface area contributed by atoms with E-state index in [-0.39, 0.29) is 23.6 Å². The molecule has 172 valence electrons. The number of carbonyl (C=O) groups is 2. The summed E-state index contributed by atoms with van der Waals surface area (Å²) in [5.41, 5.74) is 4.57. The van der Waals surface area contributed by atoms with Crippen molar-refractivity contribution in [2.45, 2.75) is 45.4 Å². The molecule has 3 aromatic rings. The van der Waals surface area contributed by atoms with Crippen LogP contribution >= 0.6 is 11.8 Å². The Morgan fingerprint density at radius 2 is 1.79 bits per heavy atom. The third kappa shape index (κ3) is 6.32. The van der Waals surface area contributed by atoms with E-state index in [1.807, 2.05) is 62.6 Å². The molecule has 7 nitrogen and oxygen atoms in total. The van der Waals surface area contributed by atoms with Gasteiger partial charge in [0.05, 0.1) is 11.8 Å². The molecule has 8 heteroatoms. The summed E-state index contributed by atoms with van der Waals surface area (Å²) in [4.78, 5) is 25.1. The molecule has 0 fully saturated rings. The molecule has 0 bridgehead atoms. The first-order chi connectivity index (χ1) is 15.8. The van der Waals surface area contributed by atoms with Crippen LogP contribution in [0.5, 0.6) is 0 Å². The Hall–Kier alpha value is -3.39. The lowest BCUT2D eigenvalue weighted by Gasteiger charge is -2.15. The highest BCUT2D eigenvalue weighted by atomic mass is 32.2. The lowest BCUT2D eigenvalue weighted by molar-refractivity contribution is -0.113. The number of carbonyl (C=O) groups excluding carboxylic acids is 2. The van der Waals surface area contributed by atoms with Crippen molar-refractivity contribution < 1.29 is 9.59 Å². The second kappa shape index (κ2) is 11.0. The fourth-order valence-electron chi connectivity index (χ4n) is 3.26. The third-order valence-corrected chi connectivity index (χ3v) is 6.07. The maximum absolute atomic E-state index is 12.6. The number of amides is 2. The van der Waals surface area contributed by atoms with Crippen LogP contribution in [0, 0.1) is 20.8 Å². The number of thioether (sulfide) groups is 1. The van der Waals surface area contributed by atoms with Crippen LogP contribution in [-0.4, -0.2) is 32.3 Å². The van der Waals surface area contributed by atoms with Gasteiger partial charge in [-0.1, -0.05) is 47.7 Å². The van der Waals surface area contributed by atoms with Gasteiger partial charge >= 0.3 is 0 Å². The molecule has 0 unspecified atom stereocenters. The first kappa shape index (κ1) is 24.3. The Morgan fingerprint density at radius 3 is 2.48 bits per heavy atom. The van der Waals surface area contributed by atoms with E-state index in [0.717, 1.165) is 22.4 Å². The number of allylic oxidation sites excluding steroid dienone is 1. The lowest BCUT2D eigenvalue weighted by Crippen LogP contribution is -2.28. The quantitative estimate of drug-likeness (QED) is 0.357. The van der Waals surface area contributed by atoms with Gasteiger partial charge in [0.1, 0.15) is 0 Å². The smallest absolute Gasteiger partial charge is 0.251 e. The highest BCUT2D eigenvalue weighted by Crippen LogP contribution is 2.22. The minimum Gasteiger partial charge on any atom is -0.342 e. The maximum Gasteiger partial charge on any atom is 0.251 e. The molecule has 2 aromatic carbocycles. The Labute approximate surface area is 198 Å². The minimum absolute atomic E-state index is 0.121. The number of hydrogen-bond donors (Lipinski definition) is 2. The lowest BCUT2D eigenvalue weighted by atomic mass is 10.1. The summed E-state index contributed by atoms with van der Waals surface area (Å²) in [6.07, 6.45) is 1.74. The van der Waals surface area contributed by atoms with Gasteiger partial charge in [0, 0.05) is 17.8 Å². The molecule has 3 rings (SSSR count). The molecule has 0 saturated heterocycles. The van der Waals surface area contributed by atoms with Crippen molar-refractivity contribution in [1.82, 2.24) is 20.1 Å². The molecule has 0 spiro atoms. The first-order valence-electron chi connectivity index (χ1n) is 10.7. The van der Waals surface area contributed by atoms with E-state index in [0.29, 0.717) is 23.1 Å². The summed E-state index contributed by atoms with van der Waals surface area (Å²) < 4.78 is 1.86. The highest BCUT2D eigenvalue weighted by Gasteiger charge is 2.20. The van der Waals surface area contributed by atoms with Gasteiger partial charge in [0.25, 0.3) is 5.91 Å². The monoisotopic (exact) mass is 463 g/mol. The number of hydrogen-bond acceptors (Lipinski definition) is 5. The van der Waals surface area contributed by atoms with Crippen molar-refractivity contribution in [1.29, 1.82) is 0 Å². The Morgan fingerprint density at radius 1 is 1.09 bits per heavy atom. The van der Waals surface area contributed by atoms with E-state index < -0.39 is 0 Å². The van der Waals surface area contributed by atoms with Crippen LogP contribution < -0.4 is 10.6 Å². The molecular formula is C25H29N5O2S. The fraction of sp³-hybridized carbons (Fsp3) is 0.280. The van der Waals surface area contributed by atoms with Gasteiger partial charge < -0.3 is 15.2 Å². The number of aromatic nitrogens is 3. The molecule has 0 radical (unpaired) electrons. The average molecular weight is 464 g/mol. The van der Waals surface area contributed by atoms with Crippen LogP contribution in [-0.2, 0) is 11.3 Å². The van der Waals surface area contributed by atoms with Crippen molar-refractivity contribution >= 4 is 29.3 Å². The first-order valence-corrected chi connectivity index (χ1v) is 11.7. The van der Waals surface area contributed by atoms with E-state index in [1.165, 1.54) is 11.8 Å². The molecule has 2 N–H and O–H groups in total. The molecule has 1 aromatic heterocycles. The van der Waals surface area contributed by atoms with Crippen molar-refractivity contribution in [3.8, 4) is 0 Å². The zero-order valence-electron chi connectivity index (χ0n) is 19.4. The normalized spacial score (nSPS) is 11.6. The number of benzene rings is 2. The van der Waals surface area contributed by atoms with E-state index in [4.69, 9.17) is 0 Å². The fourth-order valence-corrected chi connectivity index (χ4v) is 4.02. The Kier molecular flexibility index (Phi) is 8.06. The van der Waals surface area contributed by atoms with Crippen LogP contribution in [0.1, 0.15) is 45.8 Å². The Balaban J connectivity index is 1.67. The number of anilines is 1. The molecule has 2 amide bonds. The second-order valence-corrected chi connectivity index (χ2v) is 8.90. The minimum atomic E-state index is -0.371. The van der Waals surface area contributed by atoms with Crippen LogP contribution in [0.2, 0.25) is 0 Å². The van der Waals surface area contributed by atoms with Crippen molar-refractivity contribution in [2.24, 2.45) is 0 Å². The standard InChI is InChI=1S/C25H29N5O2S/c1-6-13-30-23(19(5)26-24(32)20-11-8-16(2)9-12-20)28-29-25(30)33-15-22(31)27-21-14-17(3)7-10-18(21)4/h6-12,14,19H,1,13,15H2,2-5H3,(H,26,32)(H,27,31)/t19-/m0/s1. The van der Waals surface area contributed by atoms with Gasteiger partial charge in [-0.05, 0) is 57.0 Å². The molecule has 1 atom stereocenters. The van der Waals surface area contributed by atoms with Crippen molar-refractivity contribution in [2.75, 3.05) is 11.1 Å². The van der Waals surface area contributed by atoms with E-state index in [9.17, 15) is 9.59 Å². The van der Waals surface area contributed by atoms with Crippen LogP contribution in [0.25, 0.3) is 0 Å². The zero-order chi connectivity index (χ0) is 24.0. The molecule has 0 saturated carbocycles. The molecule has 33 heavy (non-hydrogen) atoms. The molecule has 0 aliphatic carbocycles. The Bertz CT molecular complexity index is 1150. The van der Waals surface area contributed by atoms with Gasteiger partial charge in [0.15, 0.2) is 11.0 Å². The summed E-state index contributed by atoms with van der Waals surface area (Å²) in [5.74, 6) is 0.488. The summed E-state index contributed by atoms with van der Waals surface area (Å²) in [6.45, 7) is 12.1. The topological polar surface area (TPSA) is 88.9 Å². The molecule has 0 aliphatic heterocycles. The van der Waals surface area contributed by atoms with E-state index in [1.54, 1.807) is 18.2 Å². The second-order valence-electron chi connectivity index (χ2n) is 7.96. The zero-order valence-corrected chi connectivity index (χ0v) is 20.2. The predicted octanol–water partition coefficient (Wildman–Crippen LogP) is 4.61. The summed E-state index contributed by atoms with van der Waals surface area (Å²) in [6, 6.07) is 13.0. The number of aryl methyl sites for hydroxylation is 3. The van der Waals surface area contributed by atoms with Crippen LogP contribution in [0.15, 0.2) is 60.3 Å². The molecular weight excluding hydrogens is 434 g/mol. The van der Waals surface area contributed by atoms with Gasteiger partial charge in [-0.3, -0.25) is 9.59 Å². The van der Waals surface area contributed by atoms with Gasteiger partial charge in [-0.25, -0.2) is 0 Å². The summed E-state index contributed by atoms with van der Waals surface area (Å²) >= 11 is 1.30. The predicted molar refractivity (Wildman–Crippen MR) is 133 cm³/mol. The van der Waals surface area contributed by atoms with E-state index >= 15 is 0 Å².